The van der Waals surface area contributed by atoms with Crippen LogP contribution in [0, 0.1) is 15.9 Å². The van der Waals surface area contributed by atoms with Crippen LogP contribution in [0.15, 0.2) is 23.1 Å². The first-order valence-electron chi connectivity index (χ1n) is 6.45. The van der Waals surface area contributed by atoms with Gasteiger partial charge < -0.3 is 4.90 Å². The predicted octanol–water partition coefficient (Wildman–Crippen LogP) is 1.06. The van der Waals surface area contributed by atoms with Gasteiger partial charge in [0.2, 0.25) is 15.8 Å². The number of likely N-dealkylation sites (N-methyl/N-ethyl adjacent to an activating group) is 1. The first-order valence-corrected chi connectivity index (χ1v) is 7.89. The molecule has 0 aliphatic carbocycles. The number of nitrogens with zero attached hydrogens (tertiary/aromatic N) is 3. The van der Waals surface area contributed by atoms with E-state index in [9.17, 15) is 22.9 Å². The fraction of sp³-hybridized carbons (Fsp3) is 0.500. The Morgan fingerprint density at radius 1 is 1.24 bits per heavy atom. The molecule has 0 unspecified atom stereocenters. The molecule has 0 atom stereocenters. The molecule has 0 N–H and O–H groups in total. The molecule has 0 spiro atoms. The molecule has 1 aliphatic heterocycles. The van der Waals surface area contributed by atoms with Crippen molar-refractivity contribution in [1.29, 1.82) is 0 Å². The molecule has 116 valence electrons. The molecule has 1 fully saturated rings. The standard InChI is InChI=1S/C12H16FN3O4S/c1-14-6-3-7-15(9-8-14)21(19,20)11-5-2-4-10(13)12(11)16(17)18/h2,4-5H,3,6-9H2,1H3. The lowest BCUT2D eigenvalue weighted by Gasteiger charge is -2.20. The second kappa shape index (κ2) is 6.04. The summed E-state index contributed by atoms with van der Waals surface area (Å²) in [6.07, 6.45) is 0.624. The van der Waals surface area contributed by atoms with Gasteiger partial charge in [0.1, 0.15) is 0 Å². The van der Waals surface area contributed by atoms with Gasteiger partial charge in [-0.15, -0.1) is 0 Å². The average molecular weight is 317 g/mol. The van der Waals surface area contributed by atoms with Crippen LogP contribution in [0.3, 0.4) is 0 Å². The normalized spacial score (nSPS) is 18.4. The van der Waals surface area contributed by atoms with Gasteiger partial charge >= 0.3 is 5.69 Å². The summed E-state index contributed by atoms with van der Waals surface area (Å²) in [5, 5.41) is 11.0. The van der Waals surface area contributed by atoms with E-state index in [0.29, 0.717) is 13.0 Å². The highest BCUT2D eigenvalue weighted by atomic mass is 32.2. The first kappa shape index (κ1) is 15.8. The number of sulfonamides is 1. The number of hydrogen-bond donors (Lipinski definition) is 0. The van der Waals surface area contributed by atoms with Crippen molar-refractivity contribution < 1.29 is 17.7 Å². The Morgan fingerprint density at radius 2 is 1.95 bits per heavy atom. The minimum atomic E-state index is -4.08. The van der Waals surface area contributed by atoms with Crippen LogP contribution in [-0.4, -0.2) is 55.8 Å². The highest BCUT2D eigenvalue weighted by Gasteiger charge is 2.34. The number of benzene rings is 1. The van der Waals surface area contributed by atoms with Crippen molar-refractivity contribution in [3.8, 4) is 0 Å². The summed E-state index contributed by atoms with van der Waals surface area (Å²) in [7, 11) is -2.21. The van der Waals surface area contributed by atoms with Crippen LogP contribution >= 0.6 is 0 Å². The fourth-order valence-electron chi connectivity index (χ4n) is 2.28. The average Bonchev–Trinajstić information content (AvgIpc) is 2.63. The molecule has 0 saturated carbocycles. The van der Waals surface area contributed by atoms with E-state index in [-0.39, 0.29) is 13.1 Å². The molecule has 0 amide bonds. The molecular formula is C12H16FN3O4S. The Morgan fingerprint density at radius 3 is 2.62 bits per heavy atom. The number of nitro groups is 1. The van der Waals surface area contributed by atoms with E-state index in [4.69, 9.17) is 0 Å². The van der Waals surface area contributed by atoms with Gasteiger partial charge in [-0.2, -0.15) is 8.70 Å². The van der Waals surface area contributed by atoms with E-state index < -0.39 is 31.3 Å². The molecule has 2 rings (SSSR count). The van der Waals surface area contributed by atoms with E-state index >= 15 is 0 Å². The molecule has 0 bridgehead atoms. The smallest absolute Gasteiger partial charge is 0.305 e. The van der Waals surface area contributed by atoms with Crippen LogP contribution in [0.25, 0.3) is 0 Å². The Kier molecular flexibility index (Phi) is 4.55. The molecule has 1 heterocycles. The second-order valence-electron chi connectivity index (χ2n) is 4.90. The zero-order valence-electron chi connectivity index (χ0n) is 11.5. The molecule has 1 aromatic rings. The van der Waals surface area contributed by atoms with Crippen LogP contribution in [0.2, 0.25) is 0 Å². The summed E-state index contributed by atoms with van der Waals surface area (Å²) in [6.45, 7) is 1.77. The Hall–Kier alpha value is -1.58. The zero-order chi connectivity index (χ0) is 15.6. The van der Waals surface area contributed by atoms with Crippen molar-refractivity contribution >= 4 is 15.7 Å². The third kappa shape index (κ3) is 3.20. The summed E-state index contributed by atoms with van der Waals surface area (Å²) in [5.74, 6) is -1.15. The summed E-state index contributed by atoms with van der Waals surface area (Å²) in [5.41, 5.74) is -0.991. The van der Waals surface area contributed by atoms with E-state index in [1.54, 1.807) is 0 Å². The lowest BCUT2D eigenvalue weighted by atomic mass is 10.3. The van der Waals surface area contributed by atoms with Crippen molar-refractivity contribution in [2.24, 2.45) is 0 Å². The predicted molar refractivity (Wildman–Crippen MR) is 73.9 cm³/mol. The number of nitro benzene ring substituents is 1. The van der Waals surface area contributed by atoms with Crippen LogP contribution in [0.4, 0.5) is 10.1 Å². The molecular weight excluding hydrogens is 301 g/mol. The van der Waals surface area contributed by atoms with Crippen molar-refractivity contribution in [2.75, 3.05) is 33.2 Å². The molecule has 1 aromatic carbocycles. The maximum Gasteiger partial charge on any atom is 0.324 e. The van der Waals surface area contributed by atoms with Crippen LogP contribution in [0.1, 0.15) is 6.42 Å². The number of hydrogen-bond acceptors (Lipinski definition) is 5. The second-order valence-corrected chi connectivity index (χ2v) is 6.81. The Bertz CT molecular complexity index is 650. The van der Waals surface area contributed by atoms with Crippen LogP contribution in [-0.2, 0) is 10.0 Å². The monoisotopic (exact) mass is 317 g/mol. The topological polar surface area (TPSA) is 83.8 Å². The van der Waals surface area contributed by atoms with Crippen molar-refractivity contribution in [3.05, 3.63) is 34.1 Å². The summed E-state index contributed by atoms with van der Waals surface area (Å²) in [6, 6.07) is 3.12. The molecule has 0 radical (unpaired) electrons. The summed E-state index contributed by atoms with van der Waals surface area (Å²) >= 11 is 0. The van der Waals surface area contributed by atoms with Gasteiger partial charge in [0.15, 0.2) is 4.90 Å². The largest absolute Gasteiger partial charge is 0.324 e. The molecule has 1 saturated heterocycles. The number of rotatable bonds is 3. The summed E-state index contributed by atoms with van der Waals surface area (Å²) in [4.78, 5) is 11.4. The van der Waals surface area contributed by atoms with E-state index in [0.717, 1.165) is 18.7 Å². The lowest BCUT2D eigenvalue weighted by molar-refractivity contribution is -0.390. The van der Waals surface area contributed by atoms with Crippen molar-refractivity contribution in [2.45, 2.75) is 11.3 Å². The van der Waals surface area contributed by atoms with Gasteiger partial charge in [-0.05, 0) is 32.1 Å². The van der Waals surface area contributed by atoms with Crippen LogP contribution < -0.4 is 0 Å². The van der Waals surface area contributed by atoms with Crippen molar-refractivity contribution in [3.63, 3.8) is 0 Å². The van der Waals surface area contributed by atoms with Gasteiger partial charge in [0, 0.05) is 19.6 Å². The van der Waals surface area contributed by atoms with E-state index in [1.165, 1.54) is 10.4 Å². The third-order valence-corrected chi connectivity index (χ3v) is 5.36. The minimum Gasteiger partial charge on any atom is -0.305 e. The molecule has 1 aliphatic rings. The highest BCUT2D eigenvalue weighted by molar-refractivity contribution is 7.89. The molecule has 7 nitrogen and oxygen atoms in total. The lowest BCUT2D eigenvalue weighted by Crippen LogP contribution is -2.34. The van der Waals surface area contributed by atoms with Crippen molar-refractivity contribution in [1.82, 2.24) is 9.21 Å². The van der Waals surface area contributed by atoms with Gasteiger partial charge in [-0.1, -0.05) is 6.07 Å². The Labute approximate surface area is 122 Å². The maximum atomic E-state index is 13.6. The maximum absolute atomic E-state index is 13.6. The third-order valence-electron chi connectivity index (χ3n) is 3.43. The molecule has 9 heteroatoms. The number of halogens is 1. The van der Waals surface area contributed by atoms with E-state index in [1.807, 2.05) is 11.9 Å². The first-order chi connectivity index (χ1) is 9.84. The molecule has 21 heavy (non-hydrogen) atoms. The van der Waals surface area contributed by atoms with Gasteiger partial charge in [-0.25, -0.2) is 8.42 Å². The zero-order valence-corrected chi connectivity index (χ0v) is 12.3. The SMILES string of the molecule is CN1CCCN(S(=O)(=O)c2cccc(F)c2[N+](=O)[O-])CC1. The highest BCUT2D eigenvalue weighted by Crippen LogP contribution is 2.29. The van der Waals surface area contributed by atoms with Gasteiger partial charge in [-0.3, -0.25) is 10.1 Å². The summed E-state index contributed by atoms with van der Waals surface area (Å²) < 4.78 is 39.9. The minimum absolute atomic E-state index is 0.229. The van der Waals surface area contributed by atoms with E-state index in [2.05, 4.69) is 0 Å². The van der Waals surface area contributed by atoms with Gasteiger partial charge in [0.05, 0.1) is 4.92 Å². The van der Waals surface area contributed by atoms with Gasteiger partial charge in [0.25, 0.3) is 0 Å². The number of para-hydroxylation sites is 1. The quantitative estimate of drug-likeness (QED) is 0.615. The Balaban J connectivity index is 2.45. The fourth-order valence-corrected chi connectivity index (χ4v) is 3.92. The molecule has 0 aromatic heterocycles. The van der Waals surface area contributed by atoms with Crippen LogP contribution in [0.5, 0.6) is 0 Å².